The Morgan fingerprint density at radius 2 is 1.82 bits per heavy atom. The van der Waals surface area contributed by atoms with Gasteiger partial charge in [0.2, 0.25) is 0 Å². The van der Waals surface area contributed by atoms with E-state index in [0.717, 1.165) is 0 Å². The Morgan fingerprint density at radius 1 is 1.07 bits per heavy atom. The van der Waals surface area contributed by atoms with E-state index in [1.165, 1.54) is 35.6 Å². The molecule has 9 heteroatoms. The highest BCUT2D eigenvalue weighted by Crippen LogP contribution is 2.16. The molecule has 1 heterocycles. The van der Waals surface area contributed by atoms with E-state index in [1.54, 1.807) is 43.3 Å². The van der Waals surface area contributed by atoms with Gasteiger partial charge in [-0.15, -0.1) is 11.3 Å². The van der Waals surface area contributed by atoms with Gasteiger partial charge in [0.15, 0.2) is 0 Å². The van der Waals surface area contributed by atoms with Gasteiger partial charge in [0.1, 0.15) is 0 Å². The molecule has 0 aliphatic carbocycles. The Balaban J connectivity index is 1.74. The number of rotatable bonds is 6. The monoisotopic (exact) mass is 433 g/mol. The molecular formula is C19H16ClN3O3S2. The molecule has 144 valence electrons. The first-order valence-electron chi connectivity index (χ1n) is 8.12. The Hall–Kier alpha value is -2.68. The standard InChI is InChI=1S/C19H16ClN3O3S2/c1-13(22-23-28(25,26)17-9-7-15(20)8-10-17)14-4-2-5-16(12-14)21-19(24)18-6-3-11-27-18/h2-12,23H,1H3,(H,21,24)/b22-13-. The van der Waals surface area contributed by atoms with Crippen LogP contribution < -0.4 is 10.1 Å². The molecule has 1 amide bonds. The lowest BCUT2D eigenvalue weighted by atomic mass is 10.1. The molecule has 0 radical (unpaired) electrons. The average Bonchev–Trinajstić information content (AvgIpc) is 3.22. The van der Waals surface area contributed by atoms with Crippen molar-refractivity contribution < 1.29 is 13.2 Å². The van der Waals surface area contributed by atoms with Crippen LogP contribution in [0, 0.1) is 0 Å². The Bertz CT molecular complexity index is 1110. The summed E-state index contributed by atoms with van der Waals surface area (Å²) in [6, 6.07) is 16.3. The number of carbonyl (C=O) groups is 1. The lowest BCUT2D eigenvalue weighted by Gasteiger charge is -2.08. The van der Waals surface area contributed by atoms with E-state index in [1.807, 2.05) is 5.38 Å². The van der Waals surface area contributed by atoms with E-state index >= 15 is 0 Å². The number of nitrogens with zero attached hydrogens (tertiary/aromatic N) is 1. The van der Waals surface area contributed by atoms with Gasteiger partial charge in [-0.2, -0.15) is 18.4 Å². The average molecular weight is 434 g/mol. The molecule has 0 bridgehead atoms. The van der Waals surface area contributed by atoms with Crippen molar-refractivity contribution >= 4 is 50.3 Å². The van der Waals surface area contributed by atoms with Gasteiger partial charge in [-0.3, -0.25) is 4.79 Å². The van der Waals surface area contributed by atoms with Gasteiger partial charge in [0.05, 0.1) is 15.5 Å². The van der Waals surface area contributed by atoms with E-state index < -0.39 is 10.0 Å². The van der Waals surface area contributed by atoms with Crippen LogP contribution in [0.2, 0.25) is 5.02 Å². The van der Waals surface area contributed by atoms with Crippen molar-refractivity contribution in [3.8, 4) is 0 Å². The maximum Gasteiger partial charge on any atom is 0.276 e. The summed E-state index contributed by atoms with van der Waals surface area (Å²) in [7, 11) is -3.80. The lowest BCUT2D eigenvalue weighted by molar-refractivity contribution is 0.103. The Labute approximate surface area is 171 Å². The molecule has 0 atom stereocenters. The molecule has 2 aromatic carbocycles. The number of carbonyl (C=O) groups excluding carboxylic acids is 1. The first-order chi connectivity index (χ1) is 13.3. The quantitative estimate of drug-likeness (QED) is 0.447. The summed E-state index contributed by atoms with van der Waals surface area (Å²) in [6.45, 7) is 1.67. The highest BCUT2D eigenvalue weighted by molar-refractivity contribution is 7.89. The van der Waals surface area contributed by atoms with Crippen LogP contribution in [0.5, 0.6) is 0 Å². The smallest absolute Gasteiger partial charge is 0.276 e. The number of amides is 1. The third-order valence-corrected chi connectivity index (χ3v) is 6.09. The van der Waals surface area contributed by atoms with Gasteiger partial charge >= 0.3 is 0 Å². The minimum absolute atomic E-state index is 0.0606. The number of thiophene rings is 1. The maximum atomic E-state index is 12.3. The van der Waals surface area contributed by atoms with Crippen molar-refractivity contribution in [1.82, 2.24) is 4.83 Å². The van der Waals surface area contributed by atoms with Crippen LogP contribution in [-0.4, -0.2) is 20.0 Å². The molecule has 3 rings (SSSR count). The molecule has 6 nitrogen and oxygen atoms in total. The number of hydrogen-bond acceptors (Lipinski definition) is 5. The van der Waals surface area contributed by atoms with Crippen molar-refractivity contribution in [1.29, 1.82) is 0 Å². The summed E-state index contributed by atoms with van der Waals surface area (Å²) in [6.07, 6.45) is 0. The van der Waals surface area contributed by atoms with Crippen molar-refractivity contribution in [3.05, 3.63) is 81.5 Å². The van der Waals surface area contributed by atoms with Crippen LogP contribution in [0.1, 0.15) is 22.2 Å². The lowest BCUT2D eigenvalue weighted by Crippen LogP contribution is -2.20. The van der Waals surface area contributed by atoms with Crippen LogP contribution in [-0.2, 0) is 10.0 Å². The van der Waals surface area contributed by atoms with Crippen LogP contribution in [0.25, 0.3) is 0 Å². The summed E-state index contributed by atoms with van der Waals surface area (Å²) in [5.41, 5.74) is 1.71. The zero-order chi connectivity index (χ0) is 20.1. The second kappa shape index (κ2) is 8.55. The summed E-state index contributed by atoms with van der Waals surface area (Å²) in [5.74, 6) is -0.204. The van der Waals surface area contributed by atoms with Gasteiger partial charge in [-0.05, 0) is 60.3 Å². The van der Waals surface area contributed by atoms with Gasteiger partial charge in [0.25, 0.3) is 15.9 Å². The molecule has 0 saturated carbocycles. The molecule has 28 heavy (non-hydrogen) atoms. The van der Waals surface area contributed by atoms with Gasteiger partial charge in [0, 0.05) is 10.7 Å². The third-order valence-electron chi connectivity index (χ3n) is 3.74. The molecule has 0 spiro atoms. The number of anilines is 1. The molecule has 2 N–H and O–H groups in total. The van der Waals surface area contributed by atoms with Crippen molar-refractivity contribution in [2.45, 2.75) is 11.8 Å². The predicted molar refractivity (Wildman–Crippen MR) is 113 cm³/mol. The van der Waals surface area contributed by atoms with E-state index in [4.69, 9.17) is 11.6 Å². The Kier molecular flexibility index (Phi) is 6.13. The normalized spacial score (nSPS) is 11.9. The third kappa shape index (κ3) is 4.98. The summed E-state index contributed by atoms with van der Waals surface area (Å²) in [5, 5.41) is 9.05. The number of hydrazone groups is 1. The summed E-state index contributed by atoms with van der Waals surface area (Å²) < 4.78 is 24.6. The molecule has 0 saturated heterocycles. The molecule has 0 fully saturated rings. The number of halogens is 1. The predicted octanol–water partition coefficient (Wildman–Crippen LogP) is 4.36. The largest absolute Gasteiger partial charge is 0.321 e. The highest BCUT2D eigenvalue weighted by atomic mass is 35.5. The van der Waals surface area contributed by atoms with E-state index in [-0.39, 0.29) is 10.8 Å². The van der Waals surface area contributed by atoms with Crippen LogP contribution >= 0.6 is 22.9 Å². The summed E-state index contributed by atoms with van der Waals surface area (Å²) >= 11 is 7.13. The minimum atomic E-state index is -3.80. The topological polar surface area (TPSA) is 87.6 Å². The highest BCUT2D eigenvalue weighted by Gasteiger charge is 2.13. The molecule has 1 aromatic heterocycles. The second-order valence-corrected chi connectivity index (χ2v) is 8.80. The summed E-state index contributed by atoms with van der Waals surface area (Å²) in [4.78, 5) is 15.0. The van der Waals surface area contributed by atoms with Crippen molar-refractivity contribution in [2.75, 3.05) is 5.32 Å². The molecule has 3 aromatic rings. The number of benzene rings is 2. The number of sulfonamides is 1. The first kappa shape index (κ1) is 20.1. The van der Waals surface area contributed by atoms with Gasteiger partial charge < -0.3 is 5.32 Å². The first-order valence-corrected chi connectivity index (χ1v) is 10.9. The van der Waals surface area contributed by atoms with Gasteiger partial charge in [-0.25, -0.2) is 0 Å². The molecular weight excluding hydrogens is 418 g/mol. The fourth-order valence-electron chi connectivity index (χ4n) is 2.28. The van der Waals surface area contributed by atoms with Crippen molar-refractivity contribution in [3.63, 3.8) is 0 Å². The van der Waals surface area contributed by atoms with Crippen molar-refractivity contribution in [2.24, 2.45) is 5.10 Å². The van der Waals surface area contributed by atoms with Crippen LogP contribution in [0.4, 0.5) is 5.69 Å². The van der Waals surface area contributed by atoms with Crippen LogP contribution in [0.15, 0.2) is 76.0 Å². The minimum Gasteiger partial charge on any atom is -0.321 e. The van der Waals surface area contributed by atoms with Gasteiger partial charge in [-0.1, -0.05) is 29.8 Å². The number of nitrogens with one attached hydrogen (secondary N) is 2. The van der Waals surface area contributed by atoms with E-state index in [0.29, 0.717) is 26.9 Å². The van der Waals surface area contributed by atoms with E-state index in [9.17, 15) is 13.2 Å². The second-order valence-electron chi connectivity index (χ2n) is 5.76. The maximum absolute atomic E-state index is 12.3. The van der Waals surface area contributed by atoms with Crippen LogP contribution in [0.3, 0.4) is 0 Å². The number of hydrogen-bond donors (Lipinski definition) is 2. The fourth-order valence-corrected chi connectivity index (χ4v) is 3.88. The molecule has 0 aliphatic rings. The zero-order valence-corrected chi connectivity index (χ0v) is 17.1. The van der Waals surface area contributed by atoms with E-state index in [2.05, 4.69) is 15.2 Å². The SMILES string of the molecule is C/C(=N/NS(=O)(=O)c1ccc(Cl)cc1)c1cccc(NC(=O)c2cccs2)c1. The Morgan fingerprint density at radius 3 is 2.50 bits per heavy atom. The molecule has 0 aliphatic heterocycles. The molecule has 0 unspecified atom stereocenters. The zero-order valence-electron chi connectivity index (χ0n) is 14.7. The fraction of sp³-hybridized carbons (Fsp3) is 0.0526.